The standard InChI is InChI=1S/C15H20BrN3O/c1-9(2)19-15(13(20-4)8-18-19)14(17)12-6-5-11(16)7-10(12)3/h5-9,14H,17H2,1-4H3. The maximum Gasteiger partial charge on any atom is 0.161 e. The molecule has 1 aromatic carbocycles. The van der Waals surface area contributed by atoms with E-state index in [9.17, 15) is 0 Å². The molecule has 0 radical (unpaired) electrons. The number of hydrogen-bond acceptors (Lipinski definition) is 3. The highest BCUT2D eigenvalue weighted by molar-refractivity contribution is 9.10. The van der Waals surface area contributed by atoms with Crippen molar-refractivity contribution in [2.24, 2.45) is 5.73 Å². The molecule has 108 valence electrons. The van der Waals surface area contributed by atoms with Crippen molar-refractivity contribution < 1.29 is 4.74 Å². The molecule has 0 aliphatic heterocycles. The van der Waals surface area contributed by atoms with Crippen LogP contribution in [0, 0.1) is 6.92 Å². The molecule has 0 saturated carbocycles. The molecule has 0 aliphatic carbocycles. The third-order valence-corrected chi connectivity index (χ3v) is 3.86. The first kappa shape index (κ1) is 15.1. The summed E-state index contributed by atoms with van der Waals surface area (Å²) in [5.41, 5.74) is 9.60. The van der Waals surface area contributed by atoms with Crippen LogP contribution in [-0.4, -0.2) is 16.9 Å². The summed E-state index contributed by atoms with van der Waals surface area (Å²) in [6, 6.07) is 6.09. The van der Waals surface area contributed by atoms with E-state index in [1.165, 1.54) is 0 Å². The Hall–Kier alpha value is -1.33. The average Bonchev–Trinajstić information content (AvgIpc) is 2.81. The van der Waals surface area contributed by atoms with Crippen molar-refractivity contribution in [2.45, 2.75) is 32.9 Å². The molecule has 0 saturated heterocycles. The van der Waals surface area contributed by atoms with Gasteiger partial charge in [0.15, 0.2) is 5.75 Å². The quantitative estimate of drug-likeness (QED) is 0.927. The van der Waals surface area contributed by atoms with Crippen LogP contribution in [0.25, 0.3) is 0 Å². The molecule has 20 heavy (non-hydrogen) atoms. The maximum absolute atomic E-state index is 6.47. The van der Waals surface area contributed by atoms with Gasteiger partial charge in [0.25, 0.3) is 0 Å². The zero-order chi connectivity index (χ0) is 14.9. The van der Waals surface area contributed by atoms with Crippen LogP contribution in [0.5, 0.6) is 5.75 Å². The zero-order valence-corrected chi connectivity index (χ0v) is 13.8. The molecule has 2 aromatic rings. The summed E-state index contributed by atoms with van der Waals surface area (Å²) in [6.45, 7) is 6.22. The number of nitrogens with two attached hydrogens (primary N) is 1. The fourth-order valence-corrected chi connectivity index (χ4v) is 2.83. The van der Waals surface area contributed by atoms with E-state index in [1.54, 1.807) is 13.3 Å². The van der Waals surface area contributed by atoms with Crippen LogP contribution in [0.4, 0.5) is 0 Å². The lowest BCUT2D eigenvalue weighted by Crippen LogP contribution is -2.20. The molecule has 0 aliphatic rings. The fourth-order valence-electron chi connectivity index (χ4n) is 2.36. The molecule has 1 unspecified atom stereocenters. The molecule has 2 rings (SSSR count). The predicted octanol–water partition coefficient (Wildman–Crippen LogP) is 3.59. The summed E-state index contributed by atoms with van der Waals surface area (Å²) in [5.74, 6) is 0.730. The van der Waals surface area contributed by atoms with E-state index in [2.05, 4.69) is 47.9 Å². The summed E-state index contributed by atoms with van der Waals surface area (Å²) in [6.07, 6.45) is 1.73. The van der Waals surface area contributed by atoms with E-state index < -0.39 is 0 Å². The normalized spacial score (nSPS) is 12.8. The highest BCUT2D eigenvalue weighted by Crippen LogP contribution is 2.32. The summed E-state index contributed by atoms with van der Waals surface area (Å²) in [4.78, 5) is 0. The van der Waals surface area contributed by atoms with Crippen LogP contribution in [0.1, 0.15) is 42.8 Å². The van der Waals surface area contributed by atoms with Gasteiger partial charge < -0.3 is 10.5 Å². The molecule has 1 heterocycles. The molecule has 2 N–H and O–H groups in total. The van der Waals surface area contributed by atoms with Gasteiger partial charge in [0, 0.05) is 10.5 Å². The Kier molecular flexibility index (Phi) is 4.50. The molecule has 0 bridgehead atoms. The van der Waals surface area contributed by atoms with Gasteiger partial charge in [-0.05, 0) is 44.0 Å². The van der Waals surface area contributed by atoms with Gasteiger partial charge in [-0.2, -0.15) is 5.10 Å². The Balaban J connectivity index is 2.52. The second-order valence-corrected chi connectivity index (χ2v) is 6.03. The van der Waals surface area contributed by atoms with E-state index in [4.69, 9.17) is 10.5 Å². The molecule has 0 amide bonds. The zero-order valence-electron chi connectivity index (χ0n) is 12.2. The van der Waals surface area contributed by atoms with Gasteiger partial charge in [-0.3, -0.25) is 4.68 Å². The predicted molar refractivity (Wildman–Crippen MR) is 84.1 cm³/mol. The molecule has 1 atom stereocenters. The monoisotopic (exact) mass is 337 g/mol. The summed E-state index contributed by atoms with van der Waals surface area (Å²) >= 11 is 3.48. The van der Waals surface area contributed by atoms with Crippen molar-refractivity contribution >= 4 is 15.9 Å². The third kappa shape index (κ3) is 2.74. The van der Waals surface area contributed by atoms with Crippen molar-refractivity contribution in [1.29, 1.82) is 0 Å². The third-order valence-electron chi connectivity index (χ3n) is 3.37. The number of aromatic nitrogens is 2. The molecular formula is C15H20BrN3O. The van der Waals surface area contributed by atoms with E-state index in [1.807, 2.05) is 16.8 Å². The molecule has 5 heteroatoms. The van der Waals surface area contributed by atoms with Gasteiger partial charge in [0.2, 0.25) is 0 Å². The number of hydrogen-bond donors (Lipinski definition) is 1. The molecule has 1 aromatic heterocycles. The number of benzene rings is 1. The topological polar surface area (TPSA) is 53.1 Å². The maximum atomic E-state index is 6.47. The minimum atomic E-state index is -0.261. The summed E-state index contributed by atoms with van der Waals surface area (Å²) in [5, 5.41) is 4.38. The number of halogens is 1. The van der Waals surface area contributed by atoms with Crippen LogP contribution in [0.2, 0.25) is 0 Å². The first-order valence-corrected chi connectivity index (χ1v) is 7.38. The molecular weight excluding hydrogens is 318 g/mol. The van der Waals surface area contributed by atoms with Gasteiger partial charge in [0.1, 0.15) is 5.69 Å². The average molecular weight is 338 g/mol. The first-order chi connectivity index (χ1) is 9.45. The molecule has 4 nitrogen and oxygen atoms in total. The van der Waals surface area contributed by atoms with Crippen molar-refractivity contribution in [2.75, 3.05) is 7.11 Å². The van der Waals surface area contributed by atoms with Crippen LogP contribution in [-0.2, 0) is 0 Å². The Morgan fingerprint density at radius 3 is 2.60 bits per heavy atom. The Bertz CT molecular complexity index is 607. The first-order valence-electron chi connectivity index (χ1n) is 6.58. The minimum Gasteiger partial charge on any atom is -0.493 e. The Morgan fingerprint density at radius 1 is 1.35 bits per heavy atom. The smallest absolute Gasteiger partial charge is 0.161 e. The highest BCUT2D eigenvalue weighted by atomic mass is 79.9. The number of rotatable bonds is 4. The lowest BCUT2D eigenvalue weighted by molar-refractivity contribution is 0.401. The lowest BCUT2D eigenvalue weighted by Gasteiger charge is -2.20. The van der Waals surface area contributed by atoms with Crippen LogP contribution in [0.3, 0.4) is 0 Å². The number of ether oxygens (including phenoxy) is 1. The second-order valence-electron chi connectivity index (χ2n) is 5.12. The Morgan fingerprint density at radius 2 is 2.05 bits per heavy atom. The van der Waals surface area contributed by atoms with E-state index in [0.29, 0.717) is 0 Å². The lowest BCUT2D eigenvalue weighted by atomic mass is 9.99. The van der Waals surface area contributed by atoms with Gasteiger partial charge in [-0.1, -0.05) is 22.0 Å². The van der Waals surface area contributed by atoms with Crippen molar-refractivity contribution in [3.8, 4) is 5.75 Å². The number of nitrogens with zero attached hydrogens (tertiary/aromatic N) is 2. The van der Waals surface area contributed by atoms with Gasteiger partial charge in [0.05, 0.1) is 19.3 Å². The fraction of sp³-hybridized carbons (Fsp3) is 0.400. The van der Waals surface area contributed by atoms with Crippen molar-refractivity contribution in [3.63, 3.8) is 0 Å². The van der Waals surface area contributed by atoms with Gasteiger partial charge >= 0.3 is 0 Å². The molecule has 0 fully saturated rings. The van der Waals surface area contributed by atoms with Crippen molar-refractivity contribution in [1.82, 2.24) is 9.78 Å². The number of aryl methyl sites for hydroxylation is 1. The summed E-state index contributed by atoms with van der Waals surface area (Å²) in [7, 11) is 1.65. The van der Waals surface area contributed by atoms with Crippen LogP contribution >= 0.6 is 15.9 Å². The minimum absolute atomic E-state index is 0.232. The van der Waals surface area contributed by atoms with E-state index >= 15 is 0 Å². The van der Waals surface area contributed by atoms with Crippen LogP contribution in [0.15, 0.2) is 28.9 Å². The molecule has 0 spiro atoms. The summed E-state index contributed by atoms with van der Waals surface area (Å²) < 4.78 is 8.38. The van der Waals surface area contributed by atoms with E-state index in [-0.39, 0.29) is 12.1 Å². The highest BCUT2D eigenvalue weighted by Gasteiger charge is 2.22. The SMILES string of the molecule is COc1cnn(C(C)C)c1C(N)c1ccc(Br)cc1C. The van der Waals surface area contributed by atoms with Gasteiger partial charge in [-0.25, -0.2) is 0 Å². The Labute approximate surface area is 128 Å². The van der Waals surface area contributed by atoms with Gasteiger partial charge in [-0.15, -0.1) is 0 Å². The van der Waals surface area contributed by atoms with E-state index in [0.717, 1.165) is 27.0 Å². The van der Waals surface area contributed by atoms with Crippen LogP contribution < -0.4 is 10.5 Å². The largest absolute Gasteiger partial charge is 0.493 e. The number of methoxy groups -OCH3 is 1. The second kappa shape index (κ2) is 5.97. The van der Waals surface area contributed by atoms with Crippen molar-refractivity contribution in [3.05, 3.63) is 45.7 Å².